The van der Waals surface area contributed by atoms with E-state index in [0.29, 0.717) is 0 Å². The molecule has 1 atom stereocenters. The molecule has 1 aromatic carbocycles. The molecule has 4 heteroatoms. The van der Waals surface area contributed by atoms with E-state index in [1.165, 1.54) is 3.57 Å². The fourth-order valence-corrected chi connectivity index (χ4v) is 2.03. The summed E-state index contributed by atoms with van der Waals surface area (Å²) in [5.41, 5.74) is 4.44. The molecule has 0 fully saturated rings. The third-order valence-corrected chi connectivity index (χ3v) is 3.01. The van der Waals surface area contributed by atoms with Gasteiger partial charge in [0.05, 0.1) is 6.04 Å². The molecule has 3 nitrogen and oxygen atoms in total. The second-order valence-corrected chi connectivity index (χ2v) is 4.53. The highest BCUT2D eigenvalue weighted by molar-refractivity contribution is 14.1. The van der Waals surface area contributed by atoms with Gasteiger partial charge in [-0.25, -0.2) is 0 Å². The summed E-state index contributed by atoms with van der Waals surface area (Å²) < 4.78 is 1.20. The molecule has 2 rings (SSSR count). The number of rotatable bonds is 2. The van der Waals surface area contributed by atoms with Gasteiger partial charge in [0.1, 0.15) is 0 Å². The molecule has 0 saturated carbocycles. The van der Waals surface area contributed by atoms with Crippen LogP contribution < -0.4 is 5.48 Å². The van der Waals surface area contributed by atoms with Gasteiger partial charge in [0, 0.05) is 20.7 Å². The molecule has 0 radical (unpaired) electrons. The van der Waals surface area contributed by atoms with Crippen molar-refractivity contribution in [2.24, 2.45) is 0 Å². The number of hydrogen-bond donors (Lipinski definition) is 3. The Bertz CT molecular complexity index is 452. The summed E-state index contributed by atoms with van der Waals surface area (Å²) in [5, 5.41) is 10.0. The normalized spacial score (nSPS) is 13.4. The SMILES string of the molecule is CC(NO)c1c[nH]c2ccc(I)cc12. The van der Waals surface area contributed by atoms with Gasteiger partial charge in [0.2, 0.25) is 0 Å². The van der Waals surface area contributed by atoms with Gasteiger partial charge in [-0.1, -0.05) is 0 Å². The minimum atomic E-state index is -0.0538. The maximum Gasteiger partial charge on any atom is 0.0561 e. The smallest absolute Gasteiger partial charge is 0.0561 e. The Morgan fingerprint density at radius 3 is 3.00 bits per heavy atom. The predicted octanol–water partition coefficient (Wildman–Crippen LogP) is 2.81. The zero-order chi connectivity index (χ0) is 10.1. The number of benzene rings is 1. The van der Waals surface area contributed by atoms with Crippen LogP contribution in [-0.2, 0) is 0 Å². The van der Waals surface area contributed by atoms with Crippen LogP contribution in [0.15, 0.2) is 24.4 Å². The minimum Gasteiger partial charge on any atom is -0.361 e. The first-order valence-electron chi connectivity index (χ1n) is 4.38. The highest BCUT2D eigenvalue weighted by atomic mass is 127. The lowest BCUT2D eigenvalue weighted by Gasteiger charge is -2.07. The Morgan fingerprint density at radius 1 is 1.50 bits per heavy atom. The first-order chi connectivity index (χ1) is 6.72. The molecule has 1 aromatic heterocycles. The molecule has 3 N–H and O–H groups in total. The van der Waals surface area contributed by atoms with E-state index in [0.717, 1.165) is 16.5 Å². The molecule has 1 unspecified atom stereocenters. The zero-order valence-corrected chi connectivity index (χ0v) is 9.87. The van der Waals surface area contributed by atoms with Crippen LogP contribution in [0.1, 0.15) is 18.5 Å². The van der Waals surface area contributed by atoms with Gasteiger partial charge in [-0.2, -0.15) is 5.48 Å². The number of halogens is 1. The summed E-state index contributed by atoms with van der Waals surface area (Å²) >= 11 is 2.28. The van der Waals surface area contributed by atoms with Crippen molar-refractivity contribution in [1.29, 1.82) is 0 Å². The molecule has 2 aromatic rings. The number of aromatic nitrogens is 1. The molecule has 0 amide bonds. The van der Waals surface area contributed by atoms with Gasteiger partial charge in [-0.15, -0.1) is 0 Å². The lowest BCUT2D eigenvalue weighted by Crippen LogP contribution is -2.12. The van der Waals surface area contributed by atoms with Crippen LogP contribution in [-0.4, -0.2) is 10.2 Å². The summed E-state index contributed by atoms with van der Waals surface area (Å²) in [6, 6.07) is 6.16. The van der Waals surface area contributed by atoms with Crippen molar-refractivity contribution in [3.63, 3.8) is 0 Å². The summed E-state index contributed by atoms with van der Waals surface area (Å²) in [5.74, 6) is 0. The molecule has 14 heavy (non-hydrogen) atoms. The van der Waals surface area contributed by atoms with E-state index < -0.39 is 0 Å². The fraction of sp³-hybridized carbons (Fsp3) is 0.200. The van der Waals surface area contributed by atoms with E-state index in [4.69, 9.17) is 5.21 Å². The quantitative estimate of drug-likeness (QED) is 0.590. The third-order valence-electron chi connectivity index (χ3n) is 2.34. The van der Waals surface area contributed by atoms with Gasteiger partial charge < -0.3 is 10.2 Å². The molecule has 0 saturated heterocycles. The Balaban J connectivity index is 2.61. The maximum atomic E-state index is 8.87. The Morgan fingerprint density at radius 2 is 2.29 bits per heavy atom. The van der Waals surface area contributed by atoms with Crippen LogP contribution >= 0.6 is 22.6 Å². The molecule has 0 spiro atoms. The van der Waals surface area contributed by atoms with E-state index in [9.17, 15) is 0 Å². The summed E-state index contributed by atoms with van der Waals surface area (Å²) in [4.78, 5) is 3.18. The van der Waals surface area contributed by atoms with Crippen LogP contribution in [0.25, 0.3) is 10.9 Å². The van der Waals surface area contributed by atoms with Crippen LogP contribution in [0.3, 0.4) is 0 Å². The van der Waals surface area contributed by atoms with E-state index in [1.807, 2.05) is 19.2 Å². The maximum absolute atomic E-state index is 8.87. The van der Waals surface area contributed by atoms with Gasteiger partial charge in [-0.3, -0.25) is 0 Å². The van der Waals surface area contributed by atoms with Crippen molar-refractivity contribution in [3.8, 4) is 0 Å². The van der Waals surface area contributed by atoms with E-state index in [1.54, 1.807) is 0 Å². The van der Waals surface area contributed by atoms with Gasteiger partial charge in [0.15, 0.2) is 0 Å². The van der Waals surface area contributed by atoms with E-state index in [2.05, 4.69) is 45.2 Å². The van der Waals surface area contributed by atoms with Crippen molar-refractivity contribution in [1.82, 2.24) is 10.5 Å². The number of hydrogen-bond acceptors (Lipinski definition) is 2. The monoisotopic (exact) mass is 302 g/mol. The molecular weight excluding hydrogens is 291 g/mol. The second-order valence-electron chi connectivity index (χ2n) is 3.28. The molecule has 0 aliphatic rings. The molecular formula is C10H11IN2O. The zero-order valence-electron chi connectivity index (χ0n) is 7.71. The largest absolute Gasteiger partial charge is 0.361 e. The predicted molar refractivity (Wildman–Crippen MR) is 64.4 cm³/mol. The highest BCUT2D eigenvalue weighted by Gasteiger charge is 2.09. The van der Waals surface area contributed by atoms with Crippen LogP contribution in [0.4, 0.5) is 0 Å². The van der Waals surface area contributed by atoms with E-state index >= 15 is 0 Å². The fourth-order valence-electron chi connectivity index (χ4n) is 1.54. The lowest BCUT2D eigenvalue weighted by atomic mass is 10.1. The number of fused-ring (bicyclic) bond motifs is 1. The average molecular weight is 302 g/mol. The van der Waals surface area contributed by atoms with Crippen molar-refractivity contribution in [3.05, 3.63) is 33.5 Å². The number of aromatic amines is 1. The Hall–Kier alpha value is -0.590. The summed E-state index contributed by atoms with van der Waals surface area (Å²) in [7, 11) is 0. The minimum absolute atomic E-state index is 0.0538. The first kappa shape index (κ1) is 9.95. The van der Waals surface area contributed by atoms with E-state index in [-0.39, 0.29) is 6.04 Å². The van der Waals surface area contributed by atoms with Crippen molar-refractivity contribution >= 4 is 33.5 Å². The van der Waals surface area contributed by atoms with Gasteiger partial charge in [-0.05, 0) is 53.3 Å². The number of H-pyrrole nitrogens is 1. The van der Waals surface area contributed by atoms with Crippen LogP contribution in [0, 0.1) is 3.57 Å². The Kier molecular flexibility index (Phi) is 2.76. The van der Waals surface area contributed by atoms with Crippen molar-refractivity contribution in [2.75, 3.05) is 0 Å². The van der Waals surface area contributed by atoms with Crippen molar-refractivity contribution in [2.45, 2.75) is 13.0 Å². The molecule has 0 aliphatic carbocycles. The summed E-state index contributed by atoms with van der Waals surface area (Å²) in [6.45, 7) is 1.92. The molecule has 0 bridgehead atoms. The van der Waals surface area contributed by atoms with Crippen LogP contribution in [0.5, 0.6) is 0 Å². The summed E-state index contributed by atoms with van der Waals surface area (Å²) in [6.07, 6.45) is 1.93. The lowest BCUT2D eigenvalue weighted by molar-refractivity contribution is 0.134. The standard InChI is InChI=1S/C10H11IN2O/c1-6(13-14)9-5-12-10-3-2-7(11)4-8(9)10/h2-6,12-14H,1H3. The van der Waals surface area contributed by atoms with Crippen molar-refractivity contribution < 1.29 is 5.21 Å². The first-order valence-corrected chi connectivity index (χ1v) is 5.46. The average Bonchev–Trinajstić information content (AvgIpc) is 2.59. The van der Waals surface area contributed by atoms with Gasteiger partial charge in [0.25, 0.3) is 0 Å². The molecule has 74 valence electrons. The number of hydroxylamine groups is 1. The highest BCUT2D eigenvalue weighted by Crippen LogP contribution is 2.25. The number of nitrogens with one attached hydrogen (secondary N) is 2. The third kappa shape index (κ3) is 1.65. The van der Waals surface area contributed by atoms with Gasteiger partial charge >= 0.3 is 0 Å². The topological polar surface area (TPSA) is 48.0 Å². The molecule has 1 heterocycles. The Labute approximate surface area is 95.6 Å². The second kappa shape index (κ2) is 3.88. The van der Waals surface area contributed by atoms with Crippen LogP contribution in [0.2, 0.25) is 0 Å². The molecule has 0 aliphatic heterocycles.